The van der Waals surface area contributed by atoms with Gasteiger partial charge in [0, 0.05) is 28.4 Å². The number of rotatable bonds is 5. The summed E-state index contributed by atoms with van der Waals surface area (Å²) < 4.78 is 10.8. The summed E-state index contributed by atoms with van der Waals surface area (Å²) in [6, 6.07) is 13.1. The highest BCUT2D eigenvalue weighted by Crippen LogP contribution is 2.35. The molecule has 0 aliphatic rings. The number of benzene rings is 3. The van der Waals surface area contributed by atoms with E-state index in [9.17, 15) is 15.2 Å². The first-order valence-corrected chi connectivity index (χ1v) is 9.50. The van der Waals surface area contributed by atoms with Crippen molar-refractivity contribution in [2.24, 2.45) is 4.99 Å². The maximum Gasteiger partial charge on any atom is 0.274 e. The minimum absolute atomic E-state index is 0.00809. The summed E-state index contributed by atoms with van der Waals surface area (Å²) in [4.78, 5) is 19.5. The molecule has 4 rings (SSSR count). The van der Waals surface area contributed by atoms with Crippen molar-refractivity contribution in [2.75, 3.05) is 7.11 Å². The lowest BCUT2D eigenvalue weighted by molar-refractivity contribution is -0.385. The summed E-state index contributed by atoms with van der Waals surface area (Å²) in [5.74, 6) is 0.168. The number of nitro groups is 1. The molecular formula is C22H16ClN3O5. The molecule has 31 heavy (non-hydrogen) atoms. The molecule has 1 N–H and O–H groups in total. The standard InChI is InChI=1S/C22H16ClN3O5/c1-12-3-4-13(22-25-18-9-15(23)5-6-19(18)31-22)8-17(12)24-11-14-7-16(26(28)29)10-20(30-2)21(14)27/h3-11,27H,1-2H3. The van der Waals surface area contributed by atoms with E-state index in [0.29, 0.717) is 33.3 Å². The van der Waals surface area contributed by atoms with Crippen LogP contribution in [0.5, 0.6) is 11.5 Å². The zero-order valence-electron chi connectivity index (χ0n) is 16.5. The third-order valence-electron chi connectivity index (χ3n) is 4.67. The first-order valence-electron chi connectivity index (χ1n) is 9.12. The van der Waals surface area contributed by atoms with E-state index >= 15 is 0 Å². The monoisotopic (exact) mass is 437 g/mol. The van der Waals surface area contributed by atoms with Crippen LogP contribution in [0.25, 0.3) is 22.6 Å². The Morgan fingerprint density at radius 2 is 2.03 bits per heavy atom. The van der Waals surface area contributed by atoms with Crippen molar-refractivity contribution < 1.29 is 19.2 Å². The first-order chi connectivity index (χ1) is 14.9. The van der Waals surface area contributed by atoms with Gasteiger partial charge in [0.25, 0.3) is 5.69 Å². The molecule has 4 aromatic rings. The Kier molecular flexibility index (Phi) is 5.31. The summed E-state index contributed by atoms with van der Waals surface area (Å²) in [5.41, 5.74) is 3.34. The largest absolute Gasteiger partial charge is 0.504 e. The highest BCUT2D eigenvalue weighted by Gasteiger charge is 2.16. The van der Waals surface area contributed by atoms with Crippen molar-refractivity contribution in [3.8, 4) is 23.0 Å². The number of aromatic hydroxyl groups is 1. The number of aryl methyl sites for hydroxylation is 1. The zero-order chi connectivity index (χ0) is 22.1. The number of phenolic OH excluding ortho intramolecular Hbond substituents is 1. The van der Waals surface area contributed by atoms with Crippen molar-refractivity contribution in [2.45, 2.75) is 6.92 Å². The van der Waals surface area contributed by atoms with Crippen molar-refractivity contribution >= 4 is 40.3 Å². The molecule has 0 unspecified atom stereocenters. The van der Waals surface area contributed by atoms with Gasteiger partial charge in [0.15, 0.2) is 17.1 Å². The Morgan fingerprint density at radius 1 is 1.23 bits per heavy atom. The smallest absolute Gasteiger partial charge is 0.274 e. The number of aliphatic imine (C=N–C) groups is 1. The van der Waals surface area contributed by atoms with E-state index in [4.69, 9.17) is 20.8 Å². The number of methoxy groups -OCH3 is 1. The Labute approximate surface area is 181 Å². The topological polar surface area (TPSA) is 111 Å². The van der Waals surface area contributed by atoms with E-state index in [0.717, 1.165) is 11.6 Å². The average Bonchev–Trinajstić information content (AvgIpc) is 3.17. The zero-order valence-corrected chi connectivity index (χ0v) is 17.3. The van der Waals surface area contributed by atoms with Gasteiger partial charge in [-0.3, -0.25) is 15.1 Å². The van der Waals surface area contributed by atoms with Crippen molar-refractivity contribution in [3.63, 3.8) is 0 Å². The molecule has 1 aromatic heterocycles. The SMILES string of the molecule is COc1cc([N+](=O)[O-])cc(C=Nc2cc(-c3nc4cc(Cl)ccc4o3)ccc2C)c1O. The second kappa shape index (κ2) is 8.08. The first kappa shape index (κ1) is 20.4. The number of halogens is 1. The van der Waals surface area contributed by atoms with Gasteiger partial charge in [-0.05, 0) is 42.8 Å². The molecule has 8 nitrogen and oxygen atoms in total. The number of fused-ring (bicyclic) bond motifs is 1. The Bertz CT molecular complexity index is 1350. The Balaban J connectivity index is 1.73. The fourth-order valence-electron chi connectivity index (χ4n) is 3.02. The molecular weight excluding hydrogens is 422 g/mol. The van der Waals surface area contributed by atoms with Gasteiger partial charge in [-0.1, -0.05) is 17.7 Å². The second-order valence-electron chi connectivity index (χ2n) is 6.73. The van der Waals surface area contributed by atoms with E-state index < -0.39 is 4.92 Å². The Morgan fingerprint density at radius 3 is 2.77 bits per heavy atom. The third-order valence-corrected chi connectivity index (χ3v) is 4.90. The lowest BCUT2D eigenvalue weighted by atomic mass is 10.1. The lowest BCUT2D eigenvalue weighted by Gasteiger charge is -2.06. The molecule has 0 saturated heterocycles. The van der Waals surface area contributed by atoms with Crippen molar-refractivity contribution in [1.82, 2.24) is 4.98 Å². The van der Waals surface area contributed by atoms with Gasteiger partial charge < -0.3 is 14.3 Å². The van der Waals surface area contributed by atoms with E-state index in [1.165, 1.54) is 19.4 Å². The minimum Gasteiger partial charge on any atom is -0.504 e. The lowest BCUT2D eigenvalue weighted by Crippen LogP contribution is -1.94. The predicted molar refractivity (Wildman–Crippen MR) is 118 cm³/mol. The molecule has 0 spiro atoms. The molecule has 156 valence electrons. The maximum atomic E-state index is 11.2. The summed E-state index contributed by atoms with van der Waals surface area (Å²) >= 11 is 6.01. The molecule has 0 bridgehead atoms. The van der Waals surface area contributed by atoms with Gasteiger partial charge >= 0.3 is 0 Å². The third kappa shape index (κ3) is 4.06. The fourth-order valence-corrected chi connectivity index (χ4v) is 3.18. The van der Waals surface area contributed by atoms with Gasteiger partial charge in [-0.15, -0.1) is 0 Å². The molecule has 9 heteroatoms. The number of hydrogen-bond donors (Lipinski definition) is 1. The molecule has 3 aromatic carbocycles. The quantitative estimate of drug-likeness (QED) is 0.239. The van der Waals surface area contributed by atoms with Crippen molar-refractivity contribution in [3.05, 3.63) is 74.8 Å². The molecule has 0 amide bonds. The van der Waals surface area contributed by atoms with Crippen LogP contribution >= 0.6 is 11.6 Å². The molecule has 0 saturated carbocycles. The number of non-ortho nitro benzene ring substituents is 1. The number of hydrogen-bond acceptors (Lipinski definition) is 7. The van der Waals surface area contributed by atoms with Crippen LogP contribution in [0.3, 0.4) is 0 Å². The van der Waals surface area contributed by atoms with E-state index in [2.05, 4.69) is 9.98 Å². The molecule has 0 fully saturated rings. The highest BCUT2D eigenvalue weighted by atomic mass is 35.5. The second-order valence-corrected chi connectivity index (χ2v) is 7.17. The maximum absolute atomic E-state index is 11.2. The molecule has 0 atom stereocenters. The molecule has 0 radical (unpaired) electrons. The predicted octanol–water partition coefficient (Wildman–Crippen LogP) is 5.83. The van der Waals surface area contributed by atoms with Crippen LogP contribution in [0.4, 0.5) is 11.4 Å². The number of ether oxygens (including phenoxy) is 1. The highest BCUT2D eigenvalue weighted by molar-refractivity contribution is 6.31. The molecule has 0 aliphatic heterocycles. The van der Waals surface area contributed by atoms with Gasteiger partial charge in [0.2, 0.25) is 5.89 Å². The van der Waals surface area contributed by atoms with Crippen LogP contribution in [-0.2, 0) is 0 Å². The molecule has 0 aliphatic carbocycles. The van der Waals surface area contributed by atoms with Crippen LogP contribution in [0.1, 0.15) is 11.1 Å². The van der Waals surface area contributed by atoms with Crippen LogP contribution in [0.2, 0.25) is 5.02 Å². The molecule has 1 heterocycles. The summed E-state index contributed by atoms with van der Waals surface area (Å²) in [7, 11) is 1.32. The number of aromatic nitrogens is 1. The van der Waals surface area contributed by atoms with Crippen LogP contribution < -0.4 is 4.74 Å². The van der Waals surface area contributed by atoms with E-state index in [-0.39, 0.29) is 22.7 Å². The fraction of sp³-hybridized carbons (Fsp3) is 0.0909. The summed E-state index contributed by atoms with van der Waals surface area (Å²) in [5, 5.41) is 22.0. The van der Waals surface area contributed by atoms with E-state index in [1.807, 2.05) is 19.1 Å². The average molecular weight is 438 g/mol. The van der Waals surface area contributed by atoms with Crippen molar-refractivity contribution in [1.29, 1.82) is 0 Å². The number of oxazole rings is 1. The van der Waals surface area contributed by atoms with Crippen LogP contribution in [-0.4, -0.2) is 28.3 Å². The number of phenols is 1. The normalized spacial score (nSPS) is 11.3. The summed E-state index contributed by atoms with van der Waals surface area (Å²) in [6.07, 6.45) is 1.35. The van der Waals surface area contributed by atoms with Crippen LogP contribution in [0, 0.1) is 17.0 Å². The van der Waals surface area contributed by atoms with Crippen LogP contribution in [0.15, 0.2) is 57.9 Å². The number of nitrogens with zero attached hydrogens (tertiary/aromatic N) is 3. The van der Waals surface area contributed by atoms with Gasteiger partial charge in [-0.25, -0.2) is 4.98 Å². The summed E-state index contributed by atoms with van der Waals surface area (Å²) in [6.45, 7) is 1.87. The minimum atomic E-state index is -0.565. The Hall–Kier alpha value is -3.91. The number of nitro benzene ring substituents is 1. The van der Waals surface area contributed by atoms with Gasteiger partial charge in [-0.2, -0.15) is 0 Å². The van der Waals surface area contributed by atoms with Gasteiger partial charge in [0.05, 0.1) is 23.8 Å². The van der Waals surface area contributed by atoms with Gasteiger partial charge in [0.1, 0.15) is 5.52 Å². The van der Waals surface area contributed by atoms with E-state index in [1.54, 1.807) is 24.3 Å².